The number of carbonyl (C=O) groups is 6. The Bertz CT molecular complexity index is 1350. The lowest BCUT2D eigenvalue weighted by atomic mass is 9.38. The van der Waals surface area contributed by atoms with E-state index in [4.69, 9.17) is 24.7 Å². The number of nitrogens with one attached hydrogen (secondary N) is 1. The van der Waals surface area contributed by atoms with Gasteiger partial charge in [-0.1, -0.05) is 12.5 Å². The fourth-order valence-corrected chi connectivity index (χ4v) is 8.28. The van der Waals surface area contributed by atoms with Gasteiger partial charge in [0.05, 0.1) is 38.4 Å². The van der Waals surface area contributed by atoms with Crippen LogP contribution in [0.4, 0.5) is 0 Å². The lowest BCUT2D eigenvalue weighted by Crippen LogP contribution is -2.77. The van der Waals surface area contributed by atoms with Gasteiger partial charge in [-0.3, -0.25) is 14.4 Å². The highest BCUT2D eigenvalue weighted by atomic mass is 16.6. The van der Waals surface area contributed by atoms with E-state index in [-0.39, 0.29) is 25.1 Å². The number of esters is 4. The highest BCUT2D eigenvalue weighted by molar-refractivity contribution is 5.98. The van der Waals surface area contributed by atoms with Crippen molar-refractivity contribution < 1.29 is 63.0 Å². The third-order valence-electron chi connectivity index (χ3n) is 9.92. The second kappa shape index (κ2) is 12.6. The fraction of sp³-hybridized carbons (Fsp3) is 0.667. The number of aliphatic hydroxyl groups excluding tert-OH is 3. The molecule has 3 aliphatic carbocycles. The Morgan fingerprint density at radius 3 is 2.40 bits per heavy atom. The lowest BCUT2D eigenvalue weighted by Gasteiger charge is -2.69. The molecule has 6 N–H and O–H groups in total. The van der Waals surface area contributed by atoms with Crippen LogP contribution in [0.1, 0.15) is 40.5 Å². The van der Waals surface area contributed by atoms with Gasteiger partial charge in [0.25, 0.3) is 0 Å². The monoisotopic (exact) mass is 636 g/mol. The van der Waals surface area contributed by atoms with E-state index in [1.807, 2.05) is 0 Å². The summed E-state index contributed by atoms with van der Waals surface area (Å²) in [5.74, 6) is -10.3. The van der Waals surface area contributed by atoms with Crippen molar-refractivity contribution in [3.63, 3.8) is 0 Å². The summed E-state index contributed by atoms with van der Waals surface area (Å²) in [4.78, 5) is 77.0. The topological polar surface area (TPSA) is 238 Å². The summed E-state index contributed by atoms with van der Waals surface area (Å²) in [6.07, 6.45) is -5.81. The smallest absolute Gasteiger partial charge is 0.348 e. The van der Waals surface area contributed by atoms with Gasteiger partial charge in [-0.2, -0.15) is 0 Å². The van der Waals surface area contributed by atoms with Crippen LogP contribution < -0.4 is 11.1 Å². The molecule has 1 aliphatic heterocycles. The number of aliphatic hydroxyl groups is 3. The van der Waals surface area contributed by atoms with Crippen LogP contribution in [0.25, 0.3) is 0 Å². The Morgan fingerprint density at radius 2 is 1.82 bits per heavy atom. The number of methoxy groups -OCH3 is 1. The molecule has 4 aliphatic rings. The summed E-state index contributed by atoms with van der Waals surface area (Å²) in [5, 5.41) is 36.6. The molecule has 0 aromatic heterocycles. The number of rotatable bonds is 8. The quantitative estimate of drug-likeness (QED) is 0.115. The van der Waals surface area contributed by atoms with Gasteiger partial charge in [0, 0.05) is 29.7 Å². The third kappa shape index (κ3) is 5.55. The normalized spacial score (nSPS) is 36.9. The summed E-state index contributed by atoms with van der Waals surface area (Å²) in [5.41, 5.74) is 3.14. The van der Waals surface area contributed by atoms with Crippen LogP contribution >= 0.6 is 0 Å². The molecule has 10 atom stereocenters. The summed E-state index contributed by atoms with van der Waals surface area (Å²) >= 11 is 0. The SMILES string of the molecule is COC(=O)C1[C@@H](O)[C@H](O)C2[C@]3(CO)[C@H]1[C@@H](OC(=O)C=C(C)C)C(=O)O[C@@H]3C[C@H]1C(C)=C(OC(=O)CNC(=O)CN)C(=O)C[C@]21C. The number of hydrogen-bond donors (Lipinski definition) is 5. The lowest BCUT2D eigenvalue weighted by molar-refractivity contribution is -0.309. The zero-order valence-electron chi connectivity index (χ0n) is 25.7. The number of amides is 1. The zero-order valence-corrected chi connectivity index (χ0v) is 25.7. The Hall–Kier alpha value is -3.66. The largest absolute Gasteiger partial charge is 0.469 e. The van der Waals surface area contributed by atoms with Crippen molar-refractivity contribution >= 4 is 35.6 Å². The predicted molar refractivity (Wildman–Crippen MR) is 150 cm³/mol. The second-order valence-electron chi connectivity index (χ2n) is 12.7. The first kappa shape index (κ1) is 34.2. The van der Waals surface area contributed by atoms with E-state index in [1.165, 1.54) is 0 Å². The maximum atomic E-state index is 13.6. The molecule has 45 heavy (non-hydrogen) atoms. The molecule has 3 fully saturated rings. The molecule has 2 saturated carbocycles. The van der Waals surface area contributed by atoms with Crippen molar-refractivity contribution in [1.82, 2.24) is 5.32 Å². The molecule has 0 bridgehead atoms. The van der Waals surface area contributed by atoms with Crippen LogP contribution in [0, 0.1) is 34.5 Å². The van der Waals surface area contributed by atoms with Crippen molar-refractivity contribution in [3.8, 4) is 0 Å². The van der Waals surface area contributed by atoms with Gasteiger partial charge in [0.2, 0.25) is 12.0 Å². The maximum absolute atomic E-state index is 13.6. The summed E-state index contributed by atoms with van der Waals surface area (Å²) in [6, 6.07) is 0. The van der Waals surface area contributed by atoms with Crippen LogP contribution in [-0.2, 0) is 47.7 Å². The maximum Gasteiger partial charge on any atom is 0.348 e. The number of allylic oxidation sites excluding steroid dienone is 3. The molecule has 248 valence electrons. The van der Waals surface area contributed by atoms with Crippen LogP contribution in [-0.4, -0.2) is 102 Å². The van der Waals surface area contributed by atoms with E-state index in [2.05, 4.69) is 5.32 Å². The standard InChI is InChI=1S/C30H40N2O13/c1-12(2)6-18(36)44-25-21-20(27(40)42-5)22(38)23(39)26-29(4)8-15(34)24(45-19(37)10-32-17(35)9-31)13(3)14(29)7-16(43-28(25)41)30(21,26)11-33/h6,14,16,20-23,25-26,33,38-39H,7-11,31H2,1-5H3,(H,32,35)/t14-,16+,20?,21+,22+,23-,25+,26?,29-,30-/m0/s1. The van der Waals surface area contributed by atoms with Crippen molar-refractivity contribution in [2.45, 2.75) is 65.0 Å². The zero-order chi connectivity index (χ0) is 33.6. The van der Waals surface area contributed by atoms with E-state index in [0.29, 0.717) is 11.1 Å². The summed E-state index contributed by atoms with van der Waals surface area (Å²) in [7, 11) is 1.05. The average Bonchev–Trinajstić information content (AvgIpc) is 2.97. The van der Waals surface area contributed by atoms with Gasteiger partial charge < -0.3 is 45.3 Å². The van der Waals surface area contributed by atoms with Crippen molar-refractivity contribution in [2.24, 2.45) is 40.2 Å². The van der Waals surface area contributed by atoms with Gasteiger partial charge in [-0.05, 0) is 44.1 Å². The number of fused-ring (bicyclic) bond motifs is 2. The summed E-state index contributed by atoms with van der Waals surface area (Å²) < 4.78 is 21.7. The average molecular weight is 637 g/mol. The van der Waals surface area contributed by atoms with E-state index in [9.17, 15) is 44.1 Å². The molecule has 0 aromatic carbocycles. The number of Topliss-reactive ketones (excluding diaryl/α,β-unsaturated/α-hetero) is 1. The highest BCUT2D eigenvalue weighted by Gasteiger charge is 2.77. The fourth-order valence-electron chi connectivity index (χ4n) is 8.28. The van der Waals surface area contributed by atoms with Gasteiger partial charge in [-0.15, -0.1) is 0 Å². The van der Waals surface area contributed by atoms with E-state index < -0.39 is 108 Å². The second-order valence-corrected chi connectivity index (χ2v) is 12.7. The molecule has 1 heterocycles. The number of carbonyl (C=O) groups excluding carboxylic acids is 6. The Morgan fingerprint density at radius 1 is 1.16 bits per heavy atom. The first-order chi connectivity index (χ1) is 21.1. The van der Waals surface area contributed by atoms with Crippen LogP contribution in [0.15, 0.2) is 23.0 Å². The van der Waals surface area contributed by atoms with Gasteiger partial charge in [0.1, 0.15) is 12.6 Å². The molecular formula is C30H40N2O13. The molecule has 4 rings (SSSR count). The van der Waals surface area contributed by atoms with Crippen LogP contribution in [0.3, 0.4) is 0 Å². The molecule has 1 saturated heterocycles. The minimum Gasteiger partial charge on any atom is -0.469 e. The molecule has 0 radical (unpaired) electrons. The van der Waals surface area contributed by atoms with E-state index in [0.717, 1.165) is 13.2 Å². The van der Waals surface area contributed by atoms with Crippen molar-refractivity contribution in [3.05, 3.63) is 23.0 Å². The number of ether oxygens (including phenoxy) is 4. The van der Waals surface area contributed by atoms with Crippen molar-refractivity contribution in [1.29, 1.82) is 0 Å². The summed E-state index contributed by atoms with van der Waals surface area (Å²) in [6.45, 7) is 4.77. The Balaban J connectivity index is 1.85. The van der Waals surface area contributed by atoms with Gasteiger partial charge in [0.15, 0.2) is 11.5 Å². The third-order valence-corrected chi connectivity index (χ3v) is 9.92. The van der Waals surface area contributed by atoms with E-state index >= 15 is 0 Å². The number of ketones is 1. The minimum absolute atomic E-state index is 0.0365. The molecule has 15 heteroatoms. The molecule has 2 unspecified atom stereocenters. The predicted octanol–water partition coefficient (Wildman–Crippen LogP) is -1.58. The first-order valence-corrected chi connectivity index (χ1v) is 14.6. The van der Waals surface area contributed by atoms with Crippen LogP contribution in [0.2, 0.25) is 0 Å². The molecular weight excluding hydrogens is 596 g/mol. The number of nitrogens with two attached hydrogens (primary N) is 1. The first-order valence-electron chi connectivity index (χ1n) is 14.6. The van der Waals surface area contributed by atoms with E-state index in [1.54, 1.807) is 27.7 Å². The molecule has 15 nitrogen and oxygen atoms in total. The van der Waals surface area contributed by atoms with Gasteiger partial charge >= 0.3 is 23.9 Å². The van der Waals surface area contributed by atoms with Gasteiger partial charge in [-0.25, -0.2) is 14.4 Å². The Labute approximate surface area is 259 Å². The minimum atomic E-state index is -1.86. The highest BCUT2D eigenvalue weighted by Crippen LogP contribution is 2.69. The Kier molecular flexibility index (Phi) is 9.59. The molecule has 0 spiro atoms. The van der Waals surface area contributed by atoms with Crippen molar-refractivity contribution in [2.75, 3.05) is 26.8 Å². The molecule has 1 amide bonds. The van der Waals surface area contributed by atoms with Crippen LogP contribution in [0.5, 0.6) is 0 Å². The molecule has 0 aromatic rings. The number of hydrogen-bond acceptors (Lipinski definition) is 14.